The topological polar surface area (TPSA) is 86.3 Å². The van der Waals surface area contributed by atoms with Gasteiger partial charge >= 0.3 is 0 Å². The molecule has 15 heavy (non-hydrogen) atoms. The van der Waals surface area contributed by atoms with Crippen LogP contribution in [0.1, 0.15) is 25.7 Å². The molecule has 5 nitrogen and oxygen atoms in total. The summed E-state index contributed by atoms with van der Waals surface area (Å²) in [6.07, 6.45) is 3.61. The second kappa shape index (κ2) is 6.40. The maximum atomic E-state index is 11.2. The minimum absolute atomic E-state index is 0.0616. The lowest BCUT2D eigenvalue weighted by atomic mass is 9.94. The molecule has 1 aliphatic rings. The van der Waals surface area contributed by atoms with Crippen molar-refractivity contribution in [3.8, 4) is 0 Å². The molecule has 0 aromatic rings. The smallest absolute Gasteiger partial charge is 0.236 e. The van der Waals surface area contributed by atoms with E-state index < -0.39 is 5.91 Å². The van der Waals surface area contributed by atoms with E-state index >= 15 is 0 Å². The molecule has 1 radical (unpaired) electrons. The summed E-state index contributed by atoms with van der Waals surface area (Å²) in [5.41, 5.74) is 4.91. The van der Waals surface area contributed by atoms with Gasteiger partial charge < -0.3 is 11.1 Å². The summed E-state index contributed by atoms with van der Waals surface area (Å²) in [6, 6.07) is 0. The summed E-state index contributed by atoms with van der Waals surface area (Å²) in [5, 5.41) is 6.78. The molecule has 1 aliphatic heterocycles. The number of amides is 2. The van der Waals surface area contributed by atoms with E-state index in [9.17, 15) is 9.59 Å². The van der Waals surface area contributed by atoms with Crippen molar-refractivity contribution in [3.05, 3.63) is 0 Å². The van der Waals surface area contributed by atoms with Crippen LogP contribution in [0.5, 0.6) is 0 Å². The average Bonchev–Trinajstić information content (AvgIpc) is 2.25. The molecule has 0 saturated carbocycles. The molecule has 2 amide bonds. The molecule has 3 N–H and O–H groups in total. The molecule has 1 unspecified atom stereocenters. The van der Waals surface area contributed by atoms with Crippen LogP contribution in [0.2, 0.25) is 0 Å². The second-order valence-corrected chi connectivity index (χ2v) is 3.92. The monoisotopic (exact) mass is 212 g/mol. The zero-order valence-corrected chi connectivity index (χ0v) is 8.87. The third-order valence-electron chi connectivity index (χ3n) is 2.56. The summed E-state index contributed by atoms with van der Waals surface area (Å²) < 4.78 is 0. The van der Waals surface area contributed by atoms with Gasteiger partial charge in [-0.1, -0.05) is 0 Å². The quantitative estimate of drug-likeness (QED) is 0.636. The van der Waals surface area contributed by atoms with E-state index in [1.54, 1.807) is 0 Å². The SMILES string of the molecule is NC(=O)CNC(=O)CCC1CCC[N]C1. The average molecular weight is 212 g/mol. The van der Waals surface area contributed by atoms with E-state index in [0.717, 1.165) is 32.4 Å². The maximum Gasteiger partial charge on any atom is 0.236 e. The molecule has 1 fully saturated rings. The minimum Gasteiger partial charge on any atom is -0.368 e. The first kappa shape index (κ1) is 12.0. The predicted molar refractivity (Wildman–Crippen MR) is 56.0 cm³/mol. The Labute approximate surface area is 89.8 Å². The number of nitrogens with two attached hydrogens (primary N) is 1. The Morgan fingerprint density at radius 1 is 1.47 bits per heavy atom. The summed E-state index contributed by atoms with van der Waals surface area (Å²) in [7, 11) is 0. The second-order valence-electron chi connectivity index (χ2n) is 3.92. The number of carbonyl (C=O) groups excluding carboxylic acids is 2. The molecule has 0 aromatic carbocycles. The molecular weight excluding hydrogens is 194 g/mol. The van der Waals surface area contributed by atoms with Crippen LogP contribution < -0.4 is 16.4 Å². The van der Waals surface area contributed by atoms with Crippen LogP contribution in [0.3, 0.4) is 0 Å². The largest absolute Gasteiger partial charge is 0.368 e. The molecule has 1 atom stereocenters. The van der Waals surface area contributed by atoms with Crippen LogP contribution in [-0.2, 0) is 9.59 Å². The van der Waals surface area contributed by atoms with Crippen LogP contribution in [0.4, 0.5) is 0 Å². The summed E-state index contributed by atoms with van der Waals surface area (Å²) >= 11 is 0. The van der Waals surface area contributed by atoms with E-state index in [-0.39, 0.29) is 12.5 Å². The van der Waals surface area contributed by atoms with Gasteiger partial charge in [-0.15, -0.1) is 0 Å². The third-order valence-corrected chi connectivity index (χ3v) is 2.56. The molecule has 85 valence electrons. The van der Waals surface area contributed by atoms with E-state index in [2.05, 4.69) is 10.6 Å². The zero-order valence-electron chi connectivity index (χ0n) is 8.87. The van der Waals surface area contributed by atoms with Gasteiger partial charge in [0.05, 0.1) is 6.54 Å². The van der Waals surface area contributed by atoms with E-state index in [4.69, 9.17) is 5.73 Å². The normalized spacial score (nSPS) is 20.9. The summed E-state index contributed by atoms with van der Waals surface area (Å²) in [5.74, 6) is -0.0616. The van der Waals surface area contributed by atoms with Gasteiger partial charge in [-0.3, -0.25) is 9.59 Å². The Morgan fingerprint density at radius 2 is 2.27 bits per heavy atom. The van der Waals surface area contributed by atoms with Gasteiger partial charge in [0, 0.05) is 19.5 Å². The number of piperidine rings is 1. The summed E-state index contributed by atoms with van der Waals surface area (Å²) in [6.45, 7) is 1.78. The number of hydrogen-bond donors (Lipinski definition) is 2. The molecule has 1 saturated heterocycles. The Bertz CT molecular complexity index is 225. The fraction of sp³-hybridized carbons (Fsp3) is 0.800. The highest BCUT2D eigenvalue weighted by Gasteiger charge is 2.15. The fourth-order valence-electron chi connectivity index (χ4n) is 1.70. The maximum absolute atomic E-state index is 11.2. The molecule has 0 aliphatic carbocycles. The Morgan fingerprint density at radius 3 is 2.87 bits per heavy atom. The van der Waals surface area contributed by atoms with Gasteiger partial charge in [0.15, 0.2) is 0 Å². The molecule has 0 spiro atoms. The zero-order chi connectivity index (χ0) is 11.1. The van der Waals surface area contributed by atoms with Crippen molar-refractivity contribution in [1.29, 1.82) is 0 Å². The van der Waals surface area contributed by atoms with E-state index in [1.807, 2.05) is 0 Å². The summed E-state index contributed by atoms with van der Waals surface area (Å²) in [4.78, 5) is 21.6. The number of nitrogens with one attached hydrogen (secondary N) is 1. The predicted octanol–water partition coefficient (Wildman–Crippen LogP) is -0.618. The number of rotatable bonds is 5. The van der Waals surface area contributed by atoms with Crippen LogP contribution in [-0.4, -0.2) is 31.4 Å². The highest BCUT2D eigenvalue weighted by Crippen LogP contribution is 2.16. The molecule has 0 bridgehead atoms. The highest BCUT2D eigenvalue weighted by atomic mass is 16.2. The number of nitrogens with zero attached hydrogens (tertiary/aromatic N) is 1. The number of hydrogen-bond acceptors (Lipinski definition) is 2. The standard InChI is InChI=1S/C10H18N3O2/c11-9(14)7-13-10(15)4-3-8-2-1-5-12-6-8/h8H,1-7H2,(H2,11,14)(H,13,15). The van der Waals surface area contributed by atoms with Gasteiger partial charge in [0.25, 0.3) is 0 Å². The van der Waals surface area contributed by atoms with Crippen molar-refractivity contribution < 1.29 is 9.59 Å². The van der Waals surface area contributed by atoms with Gasteiger partial charge in [-0.25, -0.2) is 5.32 Å². The van der Waals surface area contributed by atoms with Crippen molar-refractivity contribution >= 4 is 11.8 Å². The van der Waals surface area contributed by atoms with Crippen LogP contribution in [0.15, 0.2) is 0 Å². The lowest BCUT2D eigenvalue weighted by molar-refractivity contribution is -0.125. The Kier molecular flexibility index (Phi) is 5.10. The van der Waals surface area contributed by atoms with E-state index in [1.165, 1.54) is 0 Å². The molecular formula is C10H18N3O2. The first-order valence-corrected chi connectivity index (χ1v) is 5.36. The van der Waals surface area contributed by atoms with Crippen molar-refractivity contribution in [1.82, 2.24) is 10.6 Å². The molecule has 1 heterocycles. The van der Waals surface area contributed by atoms with Crippen LogP contribution in [0.25, 0.3) is 0 Å². The lowest BCUT2D eigenvalue weighted by Gasteiger charge is -2.20. The van der Waals surface area contributed by atoms with Gasteiger partial charge in [0.1, 0.15) is 0 Å². The van der Waals surface area contributed by atoms with Crippen LogP contribution >= 0.6 is 0 Å². The van der Waals surface area contributed by atoms with Gasteiger partial charge in [-0.2, -0.15) is 0 Å². The van der Waals surface area contributed by atoms with Crippen molar-refractivity contribution in [2.75, 3.05) is 19.6 Å². The minimum atomic E-state index is -0.504. The van der Waals surface area contributed by atoms with Gasteiger partial charge in [0.2, 0.25) is 11.8 Å². The number of carbonyl (C=O) groups is 2. The van der Waals surface area contributed by atoms with Crippen LogP contribution in [0, 0.1) is 5.92 Å². The molecule has 5 heteroatoms. The van der Waals surface area contributed by atoms with Crippen molar-refractivity contribution in [2.45, 2.75) is 25.7 Å². The third kappa shape index (κ3) is 5.37. The highest BCUT2D eigenvalue weighted by molar-refractivity contribution is 5.83. The fourth-order valence-corrected chi connectivity index (χ4v) is 1.70. The van der Waals surface area contributed by atoms with E-state index in [0.29, 0.717) is 12.3 Å². The van der Waals surface area contributed by atoms with Crippen molar-refractivity contribution in [3.63, 3.8) is 0 Å². The molecule has 0 aromatic heterocycles. The lowest BCUT2D eigenvalue weighted by Crippen LogP contribution is -2.34. The first-order chi connectivity index (χ1) is 7.18. The van der Waals surface area contributed by atoms with Crippen molar-refractivity contribution in [2.24, 2.45) is 11.7 Å². The Hall–Kier alpha value is -1.10. The van der Waals surface area contributed by atoms with Gasteiger partial charge in [-0.05, 0) is 25.2 Å². The first-order valence-electron chi connectivity index (χ1n) is 5.36. The Balaban J connectivity index is 2.07. The molecule has 1 rings (SSSR count). The number of primary amides is 1.